The average Bonchev–Trinajstić information content (AvgIpc) is 2.44. The highest BCUT2D eigenvalue weighted by Gasteiger charge is 2.37. The molecule has 0 saturated carbocycles. The maximum atomic E-state index is 6.79. The molecule has 1 saturated heterocycles. The van der Waals surface area contributed by atoms with Crippen LogP contribution in [0.15, 0.2) is 5.22 Å². The third-order valence-corrected chi connectivity index (χ3v) is 3.59. The number of hydrogen-bond donors (Lipinski definition) is 2. The Hall–Kier alpha value is -1.67. The molecule has 20 heavy (non-hydrogen) atoms. The Morgan fingerprint density at radius 1 is 1.45 bits per heavy atom. The van der Waals surface area contributed by atoms with Gasteiger partial charge in [-0.15, -0.1) is 0 Å². The van der Waals surface area contributed by atoms with Gasteiger partial charge in [0.1, 0.15) is 12.3 Å². The molecule has 0 spiro atoms. The maximum absolute atomic E-state index is 6.79. The highest BCUT2D eigenvalue weighted by atomic mass is 35.5. The Bertz CT molecular complexity index is 528. The van der Waals surface area contributed by atoms with E-state index in [1.54, 1.807) is 0 Å². The monoisotopic (exact) mass is 298 g/mol. The molecule has 0 aromatic carbocycles. The molecule has 9 heteroatoms. The minimum atomic E-state index is 0.138. The predicted molar refractivity (Wildman–Crippen MR) is 71.1 cm³/mol. The van der Waals surface area contributed by atoms with Crippen LogP contribution in [0.1, 0.15) is 12.6 Å². The number of nitrogens with one attached hydrogen (secondary N) is 2. The molecule has 0 bridgehead atoms. The molecule has 2 aliphatic rings. The van der Waals surface area contributed by atoms with Crippen LogP contribution in [-0.2, 0) is 11.3 Å². The SMILES string of the molecule is C[C@@H]1COC[C@H]2COc3c(CNN=N)nc(Cl)nc3N21. The van der Waals surface area contributed by atoms with Crippen LogP contribution in [0.25, 0.3) is 0 Å². The van der Waals surface area contributed by atoms with Crippen molar-refractivity contribution in [3.05, 3.63) is 11.0 Å². The Labute approximate surface area is 120 Å². The summed E-state index contributed by atoms with van der Waals surface area (Å²) in [4.78, 5) is 10.6. The van der Waals surface area contributed by atoms with Crippen molar-refractivity contribution in [2.24, 2.45) is 5.22 Å². The Morgan fingerprint density at radius 3 is 3.10 bits per heavy atom. The normalized spacial score (nSPS) is 24.4. The molecule has 0 amide bonds. The molecule has 2 atom stereocenters. The van der Waals surface area contributed by atoms with Crippen LogP contribution in [-0.4, -0.2) is 41.9 Å². The molecule has 1 fully saturated rings. The zero-order valence-corrected chi connectivity index (χ0v) is 11.7. The van der Waals surface area contributed by atoms with E-state index in [0.29, 0.717) is 37.1 Å². The summed E-state index contributed by atoms with van der Waals surface area (Å²) in [5.74, 6) is 1.30. The van der Waals surface area contributed by atoms with Crippen molar-refractivity contribution in [2.45, 2.75) is 25.6 Å². The van der Waals surface area contributed by atoms with Crippen LogP contribution in [0.5, 0.6) is 5.75 Å². The minimum absolute atomic E-state index is 0.138. The summed E-state index contributed by atoms with van der Waals surface area (Å²) in [5, 5.41) is 3.27. The number of halogens is 1. The summed E-state index contributed by atoms with van der Waals surface area (Å²) in [6.45, 7) is 4.13. The molecule has 0 unspecified atom stereocenters. The highest BCUT2D eigenvalue weighted by Crippen LogP contribution is 2.37. The lowest BCUT2D eigenvalue weighted by Crippen LogP contribution is -2.56. The fourth-order valence-electron chi connectivity index (χ4n) is 2.60. The third-order valence-electron chi connectivity index (χ3n) is 3.42. The maximum Gasteiger partial charge on any atom is 0.224 e. The molecule has 2 N–H and O–H groups in total. The van der Waals surface area contributed by atoms with Crippen molar-refractivity contribution in [3.8, 4) is 5.75 Å². The van der Waals surface area contributed by atoms with Gasteiger partial charge >= 0.3 is 0 Å². The van der Waals surface area contributed by atoms with Gasteiger partial charge in [-0.3, -0.25) is 5.43 Å². The van der Waals surface area contributed by atoms with Crippen LogP contribution >= 0.6 is 11.6 Å². The van der Waals surface area contributed by atoms with Crippen molar-refractivity contribution >= 4 is 17.4 Å². The number of aromatic nitrogens is 2. The lowest BCUT2D eigenvalue weighted by Gasteiger charge is -2.44. The van der Waals surface area contributed by atoms with Gasteiger partial charge in [0.2, 0.25) is 5.28 Å². The standard InChI is InChI=1S/C11H15ClN6O2/c1-6-3-19-4-7-5-20-9-8(2-14-17-13)15-11(12)16-10(9)18(6)7/h6-7H,2-5H2,1H3,(H2,13,14)/t6-,7+/m1/s1. The van der Waals surface area contributed by atoms with Crippen LogP contribution in [0.2, 0.25) is 5.28 Å². The summed E-state index contributed by atoms with van der Waals surface area (Å²) >= 11 is 6.00. The molecule has 3 heterocycles. The summed E-state index contributed by atoms with van der Waals surface area (Å²) in [6, 6.07) is 0.336. The lowest BCUT2D eigenvalue weighted by atomic mass is 10.1. The molecule has 2 aliphatic heterocycles. The Morgan fingerprint density at radius 2 is 2.30 bits per heavy atom. The minimum Gasteiger partial charge on any atom is -0.486 e. The lowest BCUT2D eigenvalue weighted by molar-refractivity contribution is 0.0483. The predicted octanol–water partition coefficient (Wildman–Crippen LogP) is 1.15. The zero-order valence-electron chi connectivity index (χ0n) is 11.0. The second-order valence-electron chi connectivity index (χ2n) is 4.80. The van der Waals surface area contributed by atoms with E-state index < -0.39 is 0 Å². The third kappa shape index (κ3) is 2.25. The molecule has 108 valence electrons. The number of hydrogen-bond acceptors (Lipinski definition) is 7. The number of fused-ring (bicyclic) bond motifs is 3. The summed E-state index contributed by atoms with van der Waals surface area (Å²) in [7, 11) is 0. The number of rotatable bonds is 3. The van der Waals surface area contributed by atoms with Crippen molar-refractivity contribution < 1.29 is 9.47 Å². The molecule has 0 aliphatic carbocycles. The van der Waals surface area contributed by atoms with Crippen molar-refractivity contribution in [3.63, 3.8) is 0 Å². The number of ether oxygens (including phenoxy) is 2. The van der Waals surface area contributed by atoms with Crippen LogP contribution in [0.3, 0.4) is 0 Å². The van der Waals surface area contributed by atoms with E-state index in [2.05, 4.69) is 32.4 Å². The fraction of sp³-hybridized carbons (Fsp3) is 0.636. The molecule has 1 aromatic heterocycles. The second-order valence-corrected chi connectivity index (χ2v) is 5.14. The largest absolute Gasteiger partial charge is 0.486 e. The van der Waals surface area contributed by atoms with Gasteiger partial charge < -0.3 is 14.4 Å². The van der Waals surface area contributed by atoms with E-state index in [1.807, 2.05) is 0 Å². The van der Waals surface area contributed by atoms with Gasteiger partial charge in [0, 0.05) is 0 Å². The summed E-state index contributed by atoms with van der Waals surface area (Å²) < 4.78 is 11.3. The van der Waals surface area contributed by atoms with Gasteiger partial charge in [0.15, 0.2) is 11.6 Å². The van der Waals surface area contributed by atoms with E-state index in [4.69, 9.17) is 26.6 Å². The first-order valence-corrected chi connectivity index (χ1v) is 6.73. The molecule has 1 aromatic rings. The van der Waals surface area contributed by atoms with E-state index in [-0.39, 0.29) is 23.9 Å². The first-order chi connectivity index (χ1) is 9.70. The fourth-order valence-corrected chi connectivity index (χ4v) is 2.78. The Kier molecular flexibility index (Phi) is 3.58. The van der Waals surface area contributed by atoms with E-state index >= 15 is 0 Å². The molecule has 3 rings (SSSR count). The van der Waals surface area contributed by atoms with Gasteiger partial charge in [0.25, 0.3) is 0 Å². The number of anilines is 1. The van der Waals surface area contributed by atoms with Gasteiger partial charge in [0.05, 0.1) is 31.8 Å². The van der Waals surface area contributed by atoms with Crippen molar-refractivity contribution in [1.29, 1.82) is 5.53 Å². The summed E-state index contributed by atoms with van der Waals surface area (Å²) in [5.41, 5.74) is 9.94. The first kappa shape index (κ1) is 13.3. The topological polar surface area (TPSA) is 95.7 Å². The highest BCUT2D eigenvalue weighted by molar-refractivity contribution is 6.28. The molecule has 0 radical (unpaired) electrons. The van der Waals surface area contributed by atoms with Crippen LogP contribution < -0.4 is 15.1 Å². The van der Waals surface area contributed by atoms with Crippen molar-refractivity contribution in [1.82, 2.24) is 15.4 Å². The van der Waals surface area contributed by atoms with Crippen molar-refractivity contribution in [2.75, 3.05) is 24.7 Å². The van der Waals surface area contributed by atoms with Gasteiger partial charge in [-0.2, -0.15) is 10.5 Å². The van der Waals surface area contributed by atoms with E-state index in [1.165, 1.54) is 0 Å². The number of nitrogens with zero attached hydrogens (tertiary/aromatic N) is 4. The van der Waals surface area contributed by atoms with Gasteiger partial charge in [-0.25, -0.2) is 4.98 Å². The molecular weight excluding hydrogens is 284 g/mol. The zero-order chi connectivity index (χ0) is 14.1. The van der Waals surface area contributed by atoms with Crippen LogP contribution in [0, 0.1) is 5.53 Å². The molecule has 8 nitrogen and oxygen atoms in total. The first-order valence-electron chi connectivity index (χ1n) is 6.35. The van der Waals surface area contributed by atoms with E-state index in [0.717, 1.165) is 0 Å². The smallest absolute Gasteiger partial charge is 0.224 e. The second kappa shape index (κ2) is 5.37. The Balaban J connectivity index is 2.01. The number of morpholine rings is 1. The van der Waals surface area contributed by atoms with Gasteiger partial charge in [-0.1, -0.05) is 5.22 Å². The quantitative estimate of drug-likeness (QED) is 0.494. The summed E-state index contributed by atoms with van der Waals surface area (Å²) in [6.07, 6.45) is 0. The van der Waals surface area contributed by atoms with Crippen LogP contribution in [0.4, 0.5) is 5.82 Å². The average molecular weight is 299 g/mol. The van der Waals surface area contributed by atoms with E-state index in [9.17, 15) is 0 Å². The van der Waals surface area contributed by atoms with Gasteiger partial charge in [-0.05, 0) is 18.5 Å². The molecular formula is C11H15ClN6O2.